The van der Waals surface area contributed by atoms with Crippen molar-refractivity contribution in [2.75, 3.05) is 0 Å². The number of hydrogen-bond acceptors (Lipinski definition) is 0. The van der Waals surface area contributed by atoms with E-state index in [-0.39, 0.29) is 0 Å². The molecule has 0 amide bonds. The minimum atomic E-state index is 0.862. The Morgan fingerprint density at radius 2 is 1.07 bits per heavy atom. The third kappa shape index (κ3) is 4.13. The van der Waals surface area contributed by atoms with Gasteiger partial charge in [0.2, 0.25) is 12.7 Å². The zero-order valence-corrected chi connectivity index (χ0v) is 17.9. The van der Waals surface area contributed by atoms with Crippen LogP contribution in [0, 0.1) is 0 Å². The molecule has 0 saturated carbocycles. The number of aromatic nitrogens is 4. The zero-order chi connectivity index (χ0) is 20.8. The van der Waals surface area contributed by atoms with Gasteiger partial charge in [0.15, 0.2) is 22.1 Å². The maximum atomic E-state index is 2.31. The van der Waals surface area contributed by atoms with E-state index in [0.717, 1.165) is 26.2 Å². The first kappa shape index (κ1) is 19.9. The highest BCUT2D eigenvalue weighted by Gasteiger charge is 2.14. The Labute approximate surface area is 178 Å². The molecule has 0 radical (unpaired) electrons. The second-order valence-corrected chi connectivity index (χ2v) is 7.43. The van der Waals surface area contributed by atoms with Crippen LogP contribution in [0.15, 0.2) is 97.6 Å². The van der Waals surface area contributed by atoms with Crippen molar-refractivity contribution >= 4 is 22.1 Å². The molecule has 0 aliphatic carbocycles. The second-order valence-electron chi connectivity index (χ2n) is 7.43. The Hall–Kier alpha value is -3.40. The van der Waals surface area contributed by atoms with Gasteiger partial charge in [0.1, 0.15) is 26.2 Å². The lowest BCUT2D eigenvalue weighted by molar-refractivity contribution is -0.666. The molecule has 0 fully saturated rings. The van der Waals surface area contributed by atoms with Gasteiger partial charge in [-0.15, -0.1) is 0 Å². The SMILES string of the molecule is C/C=C/Cn1c[n+](C/C=C/C[n+]2cn(C/C=C/C)c3ccccc32)c2ccccc21. The third-order valence-electron chi connectivity index (χ3n) is 5.41. The summed E-state index contributed by atoms with van der Waals surface area (Å²) in [6.07, 6.45) is 17.5. The molecule has 4 aromatic rings. The average molecular weight is 399 g/mol. The molecule has 0 N–H and O–H groups in total. The van der Waals surface area contributed by atoms with Gasteiger partial charge in [-0.25, -0.2) is 18.3 Å². The van der Waals surface area contributed by atoms with Gasteiger partial charge in [-0.2, -0.15) is 0 Å². The van der Waals surface area contributed by atoms with Gasteiger partial charge in [0.25, 0.3) is 0 Å². The maximum absolute atomic E-state index is 2.31. The Morgan fingerprint density at radius 1 is 0.633 bits per heavy atom. The summed E-state index contributed by atoms with van der Waals surface area (Å²) in [5.41, 5.74) is 5.07. The molecule has 0 bridgehead atoms. The van der Waals surface area contributed by atoms with Crippen LogP contribution in [0.4, 0.5) is 0 Å². The summed E-state index contributed by atoms with van der Waals surface area (Å²) in [5.74, 6) is 0. The number of fused-ring (bicyclic) bond motifs is 2. The highest BCUT2D eigenvalue weighted by Crippen LogP contribution is 2.12. The summed E-state index contributed by atoms with van der Waals surface area (Å²) >= 11 is 0. The van der Waals surface area contributed by atoms with Crippen LogP contribution in [0.25, 0.3) is 22.1 Å². The molecule has 2 aromatic heterocycles. The Morgan fingerprint density at radius 3 is 1.50 bits per heavy atom. The van der Waals surface area contributed by atoms with E-state index in [0.29, 0.717) is 0 Å². The largest absolute Gasteiger partial charge is 0.245 e. The fourth-order valence-corrected chi connectivity index (χ4v) is 3.88. The van der Waals surface area contributed by atoms with Crippen molar-refractivity contribution in [1.29, 1.82) is 0 Å². The quantitative estimate of drug-likeness (QED) is 0.305. The van der Waals surface area contributed by atoms with E-state index in [2.05, 4.69) is 130 Å². The Balaban J connectivity index is 1.52. The minimum absolute atomic E-state index is 0.862. The smallest absolute Gasteiger partial charge is 0.226 e. The molecule has 30 heavy (non-hydrogen) atoms. The molecule has 0 aliphatic heterocycles. The lowest BCUT2D eigenvalue weighted by atomic mass is 10.3. The van der Waals surface area contributed by atoms with E-state index in [1.807, 2.05) is 0 Å². The van der Waals surface area contributed by atoms with Crippen LogP contribution in [0.3, 0.4) is 0 Å². The lowest BCUT2D eigenvalue weighted by Crippen LogP contribution is -2.33. The molecule has 4 rings (SSSR count). The van der Waals surface area contributed by atoms with Crippen LogP contribution < -0.4 is 9.13 Å². The van der Waals surface area contributed by atoms with Gasteiger partial charge < -0.3 is 0 Å². The number of rotatable bonds is 8. The van der Waals surface area contributed by atoms with E-state index in [9.17, 15) is 0 Å². The number of nitrogens with zero attached hydrogens (tertiary/aromatic N) is 4. The number of imidazole rings is 2. The lowest BCUT2D eigenvalue weighted by Gasteiger charge is -1.93. The first-order valence-corrected chi connectivity index (χ1v) is 10.6. The number of para-hydroxylation sites is 4. The van der Waals surface area contributed by atoms with E-state index >= 15 is 0 Å². The Kier molecular flexibility index (Phi) is 6.23. The minimum Gasteiger partial charge on any atom is -0.226 e. The van der Waals surface area contributed by atoms with E-state index in [4.69, 9.17) is 0 Å². The van der Waals surface area contributed by atoms with E-state index in [1.54, 1.807) is 0 Å². The van der Waals surface area contributed by atoms with Crippen molar-refractivity contribution in [2.45, 2.75) is 40.0 Å². The topological polar surface area (TPSA) is 17.6 Å². The van der Waals surface area contributed by atoms with Gasteiger partial charge in [-0.3, -0.25) is 0 Å². The highest BCUT2D eigenvalue weighted by atomic mass is 15.1. The predicted octanol–water partition coefficient (Wildman–Crippen LogP) is 4.58. The van der Waals surface area contributed by atoms with Gasteiger partial charge in [-0.1, -0.05) is 36.4 Å². The van der Waals surface area contributed by atoms with Crippen molar-refractivity contribution in [3.05, 3.63) is 97.6 Å². The number of allylic oxidation sites excluding steroid dienone is 6. The van der Waals surface area contributed by atoms with Crippen LogP contribution in [0.5, 0.6) is 0 Å². The van der Waals surface area contributed by atoms with Crippen LogP contribution in [0.1, 0.15) is 13.8 Å². The summed E-state index contributed by atoms with van der Waals surface area (Å²) in [6, 6.07) is 17.2. The molecule has 0 saturated heterocycles. The predicted molar refractivity (Wildman–Crippen MR) is 123 cm³/mol. The van der Waals surface area contributed by atoms with Gasteiger partial charge in [0, 0.05) is 0 Å². The first-order chi connectivity index (χ1) is 14.8. The molecule has 4 heteroatoms. The summed E-state index contributed by atoms with van der Waals surface area (Å²) in [5, 5.41) is 0. The van der Waals surface area contributed by atoms with Gasteiger partial charge in [-0.05, 0) is 62.4 Å². The number of hydrogen-bond donors (Lipinski definition) is 0. The summed E-state index contributed by atoms with van der Waals surface area (Å²) in [7, 11) is 0. The van der Waals surface area contributed by atoms with Crippen molar-refractivity contribution in [3.8, 4) is 0 Å². The molecule has 0 aliphatic rings. The van der Waals surface area contributed by atoms with Gasteiger partial charge in [0.05, 0.1) is 0 Å². The molecule has 0 spiro atoms. The van der Waals surface area contributed by atoms with Crippen LogP contribution in [-0.2, 0) is 26.2 Å². The molecule has 0 atom stereocenters. The second kappa shape index (κ2) is 9.40. The zero-order valence-electron chi connectivity index (χ0n) is 17.9. The fourth-order valence-electron chi connectivity index (χ4n) is 3.88. The van der Waals surface area contributed by atoms with Crippen molar-refractivity contribution in [2.24, 2.45) is 0 Å². The molecule has 0 unspecified atom stereocenters. The van der Waals surface area contributed by atoms with Crippen LogP contribution in [0.2, 0.25) is 0 Å². The third-order valence-corrected chi connectivity index (χ3v) is 5.41. The number of benzene rings is 2. The normalized spacial score (nSPS) is 12.5. The van der Waals surface area contributed by atoms with Crippen molar-refractivity contribution in [1.82, 2.24) is 9.13 Å². The summed E-state index contributed by atoms with van der Waals surface area (Å²) < 4.78 is 9.23. The summed E-state index contributed by atoms with van der Waals surface area (Å²) in [6.45, 7) is 7.65. The standard InChI is InChI=1S/C26H30N4/c1-3-5-17-27-21-29(25-15-9-7-13-23(25)27)19-11-12-20-30-22-28(18-6-4-2)24-14-8-10-16-26(24)30/h3-16,21-22H,17-20H2,1-2H3/q+2/b5-3+,6-4+,12-11+. The van der Waals surface area contributed by atoms with Crippen molar-refractivity contribution in [3.63, 3.8) is 0 Å². The van der Waals surface area contributed by atoms with Gasteiger partial charge >= 0.3 is 0 Å². The highest BCUT2D eigenvalue weighted by molar-refractivity contribution is 5.72. The Bertz CT molecular complexity index is 1120. The van der Waals surface area contributed by atoms with Crippen LogP contribution >= 0.6 is 0 Å². The first-order valence-electron chi connectivity index (χ1n) is 10.6. The summed E-state index contributed by atoms with van der Waals surface area (Å²) in [4.78, 5) is 0. The van der Waals surface area contributed by atoms with Crippen LogP contribution in [-0.4, -0.2) is 9.13 Å². The van der Waals surface area contributed by atoms with Crippen molar-refractivity contribution < 1.29 is 9.13 Å². The average Bonchev–Trinajstić information content (AvgIpc) is 3.32. The van der Waals surface area contributed by atoms with E-state index < -0.39 is 0 Å². The van der Waals surface area contributed by atoms with E-state index in [1.165, 1.54) is 22.1 Å². The molecule has 2 heterocycles. The monoisotopic (exact) mass is 398 g/mol. The molecule has 152 valence electrons. The fraction of sp³-hybridized carbons (Fsp3) is 0.231. The molecule has 4 nitrogen and oxygen atoms in total. The molecular formula is C26H30N4+2. The molecular weight excluding hydrogens is 368 g/mol. The maximum Gasteiger partial charge on any atom is 0.245 e. The molecule has 2 aromatic carbocycles.